The maximum Gasteiger partial charge on any atom is 0.257 e. The van der Waals surface area contributed by atoms with Crippen LogP contribution < -0.4 is 5.32 Å². The summed E-state index contributed by atoms with van der Waals surface area (Å²) in [5, 5.41) is 13.2. The molecule has 0 spiro atoms. The molecule has 2 amide bonds. The first-order valence-corrected chi connectivity index (χ1v) is 8.56. The summed E-state index contributed by atoms with van der Waals surface area (Å²) >= 11 is 5.91. The number of amides is 2. The molecule has 0 atom stereocenters. The number of likely N-dealkylation sites (tertiary alicyclic amines) is 1. The van der Waals surface area contributed by atoms with E-state index < -0.39 is 0 Å². The van der Waals surface area contributed by atoms with Gasteiger partial charge in [-0.2, -0.15) is 0 Å². The van der Waals surface area contributed by atoms with Crippen molar-refractivity contribution in [2.45, 2.75) is 12.8 Å². The van der Waals surface area contributed by atoms with Gasteiger partial charge in [0.1, 0.15) is 5.75 Å². The van der Waals surface area contributed by atoms with Crippen molar-refractivity contribution >= 4 is 29.1 Å². The number of nitrogens with zero attached hydrogens (tertiary/aromatic N) is 1. The molecule has 1 aliphatic heterocycles. The molecule has 1 heterocycles. The van der Waals surface area contributed by atoms with E-state index in [0.29, 0.717) is 31.0 Å². The molecule has 1 fully saturated rings. The average molecular weight is 359 g/mol. The van der Waals surface area contributed by atoms with Gasteiger partial charge in [0.05, 0.1) is 5.56 Å². The van der Waals surface area contributed by atoms with Crippen LogP contribution in [0.15, 0.2) is 48.5 Å². The van der Waals surface area contributed by atoms with Crippen LogP contribution in [-0.2, 0) is 4.79 Å². The summed E-state index contributed by atoms with van der Waals surface area (Å²) in [4.78, 5) is 26.5. The molecule has 0 radical (unpaired) electrons. The summed E-state index contributed by atoms with van der Waals surface area (Å²) in [5.74, 6) is -0.499. The van der Waals surface area contributed by atoms with Crippen LogP contribution >= 0.6 is 11.6 Å². The number of phenols is 1. The molecule has 0 unspecified atom stereocenters. The monoisotopic (exact) mass is 358 g/mol. The smallest absolute Gasteiger partial charge is 0.257 e. The molecule has 2 aromatic rings. The molecule has 2 N–H and O–H groups in total. The van der Waals surface area contributed by atoms with Crippen LogP contribution in [0, 0.1) is 5.92 Å². The first-order chi connectivity index (χ1) is 12.0. The number of benzene rings is 2. The van der Waals surface area contributed by atoms with Crippen LogP contribution in [0.3, 0.4) is 0 Å². The van der Waals surface area contributed by atoms with Crippen molar-refractivity contribution in [3.8, 4) is 5.75 Å². The van der Waals surface area contributed by atoms with E-state index in [1.165, 1.54) is 18.2 Å². The standard InChI is InChI=1S/C19H19ClN2O3/c20-14-6-7-17(23)16(12-14)19(25)22-10-8-13(9-11-22)18(24)21-15-4-2-1-3-5-15/h1-7,12-13,23H,8-11H2,(H,21,24). The second-order valence-corrected chi connectivity index (χ2v) is 6.52. The first-order valence-electron chi connectivity index (χ1n) is 8.18. The van der Waals surface area contributed by atoms with E-state index in [1.54, 1.807) is 4.90 Å². The highest BCUT2D eigenvalue weighted by atomic mass is 35.5. The number of aromatic hydroxyl groups is 1. The lowest BCUT2D eigenvalue weighted by Gasteiger charge is -2.31. The number of carbonyl (C=O) groups excluding carboxylic acids is 2. The maximum atomic E-state index is 12.5. The van der Waals surface area contributed by atoms with Crippen LogP contribution in [-0.4, -0.2) is 34.9 Å². The van der Waals surface area contributed by atoms with Gasteiger partial charge in [-0.3, -0.25) is 9.59 Å². The highest BCUT2D eigenvalue weighted by molar-refractivity contribution is 6.31. The van der Waals surface area contributed by atoms with Gasteiger partial charge >= 0.3 is 0 Å². The molecule has 25 heavy (non-hydrogen) atoms. The first kappa shape index (κ1) is 17.3. The van der Waals surface area contributed by atoms with Crippen molar-refractivity contribution in [2.24, 2.45) is 5.92 Å². The molecule has 2 aromatic carbocycles. The van der Waals surface area contributed by atoms with Gasteiger partial charge in [-0.1, -0.05) is 29.8 Å². The highest BCUT2D eigenvalue weighted by Gasteiger charge is 2.28. The molecular weight excluding hydrogens is 340 g/mol. The Hall–Kier alpha value is -2.53. The van der Waals surface area contributed by atoms with E-state index in [1.807, 2.05) is 30.3 Å². The average Bonchev–Trinajstić information content (AvgIpc) is 2.64. The summed E-state index contributed by atoms with van der Waals surface area (Å²) in [6, 6.07) is 13.7. The number of nitrogens with one attached hydrogen (secondary N) is 1. The second kappa shape index (κ2) is 7.57. The van der Waals surface area contributed by atoms with Crippen molar-refractivity contribution in [1.29, 1.82) is 0 Å². The number of phenolic OH excluding ortho intramolecular Hbond substituents is 1. The molecule has 0 saturated carbocycles. The van der Waals surface area contributed by atoms with Gasteiger partial charge in [-0.25, -0.2) is 0 Å². The number of hydrogen-bond donors (Lipinski definition) is 2. The third kappa shape index (κ3) is 4.12. The largest absolute Gasteiger partial charge is 0.507 e. The van der Waals surface area contributed by atoms with Crippen LogP contribution in [0.5, 0.6) is 5.75 Å². The SMILES string of the molecule is O=C(Nc1ccccc1)C1CCN(C(=O)c2cc(Cl)ccc2O)CC1. The molecule has 0 aromatic heterocycles. The molecule has 5 nitrogen and oxygen atoms in total. The Kier molecular flexibility index (Phi) is 5.24. The van der Waals surface area contributed by atoms with Gasteiger partial charge in [0, 0.05) is 29.7 Å². The van der Waals surface area contributed by atoms with Crippen molar-refractivity contribution in [1.82, 2.24) is 4.90 Å². The molecular formula is C19H19ClN2O3. The minimum Gasteiger partial charge on any atom is -0.507 e. The number of hydrogen-bond acceptors (Lipinski definition) is 3. The van der Waals surface area contributed by atoms with Gasteiger partial charge < -0.3 is 15.3 Å². The quantitative estimate of drug-likeness (QED) is 0.881. The normalized spacial score (nSPS) is 15.0. The number of anilines is 1. The van der Waals surface area contributed by atoms with E-state index in [0.717, 1.165) is 5.69 Å². The number of carbonyl (C=O) groups is 2. The van der Waals surface area contributed by atoms with Gasteiger partial charge in [-0.15, -0.1) is 0 Å². The van der Waals surface area contributed by atoms with Crippen molar-refractivity contribution in [3.63, 3.8) is 0 Å². The zero-order valence-electron chi connectivity index (χ0n) is 13.6. The fraction of sp³-hybridized carbons (Fsp3) is 0.263. The molecule has 0 bridgehead atoms. The number of rotatable bonds is 3. The van der Waals surface area contributed by atoms with Crippen molar-refractivity contribution in [3.05, 3.63) is 59.1 Å². The Morgan fingerprint density at radius 1 is 1.08 bits per heavy atom. The molecule has 0 aliphatic carbocycles. The predicted octanol–water partition coefficient (Wildman–Crippen LogP) is 3.54. The third-order valence-electron chi connectivity index (χ3n) is 4.38. The number of piperidine rings is 1. The Bertz CT molecular complexity index is 771. The summed E-state index contributed by atoms with van der Waals surface area (Å²) in [5.41, 5.74) is 0.967. The Morgan fingerprint density at radius 2 is 1.76 bits per heavy atom. The fourth-order valence-corrected chi connectivity index (χ4v) is 3.13. The molecule has 130 valence electrons. The Labute approximate surface area is 151 Å². The van der Waals surface area contributed by atoms with E-state index in [2.05, 4.69) is 5.32 Å². The van der Waals surface area contributed by atoms with Gasteiger partial charge in [-0.05, 0) is 43.2 Å². The van der Waals surface area contributed by atoms with Crippen LogP contribution in [0.4, 0.5) is 5.69 Å². The maximum absolute atomic E-state index is 12.5. The van der Waals surface area contributed by atoms with E-state index in [4.69, 9.17) is 11.6 Å². The minimum atomic E-state index is -0.262. The lowest BCUT2D eigenvalue weighted by atomic mass is 9.95. The van der Waals surface area contributed by atoms with Gasteiger partial charge in [0.25, 0.3) is 5.91 Å². The number of halogens is 1. The predicted molar refractivity (Wildman–Crippen MR) is 96.8 cm³/mol. The third-order valence-corrected chi connectivity index (χ3v) is 4.62. The molecule has 6 heteroatoms. The minimum absolute atomic E-state index is 0.0242. The van der Waals surface area contributed by atoms with Crippen molar-refractivity contribution < 1.29 is 14.7 Å². The molecule has 3 rings (SSSR count). The Balaban J connectivity index is 1.59. The summed E-state index contributed by atoms with van der Waals surface area (Å²) in [6.45, 7) is 0.940. The fourth-order valence-electron chi connectivity index (χ4n) is 2.96. The summed E-state index contributed by atoms with van der Waals surface area (Å²) in [7, 11) is 0. The Morgan fingerprint density at radius 3 is 2.44 bits per heavy atom. The lowest BCUT2D eigenvalue weighted by molar-refractivity contribution is -0.121. The van der Waals surface area contributed by atoms with E-state index in [9.17, 15) is 14.7 Å². The highest BCUT2D eigenvalue weighted by Crippen LogP contribution is 2.26. The van der Waals surface area contributed by atoms with Crippen LogP contribution in [0.25, 0.3) is 0 Å². The van der Waals surface area contributed by atoms with E-state index >= 15 is 0 Å². The van der Waals surface area contributed by atoms with Crippen molar-refractivity contribution in [2.75, 3.05) is 18.4 Å². The second-order valence-electron chi connectivity index (χ2n) is 6.08. The van der Waals surface area contributed by atoms with Crippen LogP contribution in [0.1, 0.15) is 23.2 Å². The van der Waals surface area contributed by atoms with Gasteiger partial charge in [0.2, 0.25) is 5.91 Å². The summed E-state index contributed by atoms with van der Waals surface area (Å²) in [6.07, 6.45) is 1.18. The van der Waals surface area contributed by atoms with E-state index in [-0.39, 0.29) is 29.0 Å². The topological polar surface area (TPSA) is 69.6 Å². The molecule has 1 saturated heterocycles. The summed E-state index contributed by atoms with van der Waals surface area (Å²) < 4.78 is 0. The zero-order valence-corrected chi connectivity index (χ0v) is 14.4. The number of para-hydroxylation sites is 1. The molecule has 1 aliphatic rings. The zero-order chi connectivity index (χ0) is 17.8. The van der Waals surface area contributed by atoms with Gasteiger partial charge in [0.15, 0.2) is 0 Å². The van der Waals surface area contributed by atoms with Crippen LogP contribution in [0.2, 0.25) is 5.02 Å². The lowest BCUT2D eigenvalue weighted by Crippen LogP contribution is -2.41.